The fraction of sp³-hybridized carbons (Fsp3) is 0.281. The van der Waals surface area contributed by atoms with Crippen LogP contribution in [0.15, 0.2) is 85.2 Å². The van der Waals surface area contributed by atoms with E-state index in [-0.39, 0.29) is 7.43 Å². The van der Waals surface area contributed by atoms with Crippen LogP contribution in [0.1, 0.15) is 76.1 Å². The van der Waals surface area contributed by atoms with Gasteiger partial charge in [0.2, 0.25) is 0 Å². The molecule has 2 atom stereocenters. The first-order valence-electron chi connectivity index (χ1n) is 12.5. The molecule has 190 valence electrons. The van der Waals surface area contributed by atoms with Gasteiger partial charge >= 0.3 is 5.97 Å². The number of fused-ring (bicyclic) bond motifs is 2. The molecule has 1 N–H and O–H groups in total. The Labute approximate surface area is 224 Å². The van der Waals surface area contributed by atoms with E-state index in [0.717, 1.165) is 48.4 Å². The van der Waals surface area contributed by atoms with Crippen molar-refractivity contribution in [3.05, 3.63) is 129 Å². The third kappa shape index (κ3) is 6.44. The molecule has 2 aromatic heterocycles. The predicted octanol–water partition coefficient (Wildman–Crippen LogP) is 7.70. The van der Waals surface area contributed by atoms with E-state index in [1.807, 2.05) is 18.2 Å². The Morgan fingerprint density at radius 3 is 1.78 bits per heavy atom. The molecule has 6 rings (SSSR count). The first kappa shape index (κ1) is 26.6. The van der Waals surface area contributed by atoms with E-state index in [0.29, 0.717) is 17.4 Å². The molecule has 2 aromatic carbocycles. The molecule has 0 aliphatic heterocycles. The standard InChI is InChI=1S/C16H15NO2.C15H14ClN.CH4/c18-16(19)14-9-13-7-6-12(15(13)17-10-14)8-11-4-2-1-3-5-11;16-14-9-13-7-6-12(15(13)17-10-14)8-11-4-2-1-3-5-11;/h1-5,9-10,12H,6-8H2,(H,18,19);1-5,9-10,12H,6-8H2;1H4/t2*12-;/m00./s1. The van der Waals surface area contributed by atoms with Gasteiger partial charge in [-0.05, 0) is 72.9 Å². The van der Waals surface area contributed by atoms with Gasteiger partial charge in [0.15, 0.2) is 0 Å². The number of aromatic carboxylic acids is 1. The van der Waals surface area contributed by atoms with E-state index >= 15 is 0 Å². The van der Waals surface area contributed by atoms with Crippen molar-refractivity contribution in [2.45, 2.75) is 57.8 Å². The van der Waals surface area contributed by atoms with Crippen molar-refractivity contribution < 1.29 is 9.90 Å². The fourth-order valence-corrected chi connectivity index (χ4v) is 5.57. The molecule has 0 amide bonds. The van der Waals surface area contributed by atoms with Crippen LogP contribution in [-0.2, 0) is 25.7 Å². The van der Waals surface area contributed by atoms with Crippen molar-refractivity contribution in [3.8, 4) is 0 Å². The molecule has 0 fully saturated rings. The van der Waals surface area contributed by atoms with Gasteiger partial charge in [0.05, 0.1) is 10.6 Å². The maximum Gasteiger partial charge on any atom is 0.337 e. The molecule has 0 saturated carbocycles. The van der Waals surface area contributed by atoms with Gasteiger partial charge in [-0.25, -0.2) is 4.79 Å². The van der Waals surface area contributed by atoms with Crippen LogP contribution in [0.2, 0.25) is 5.02 Å². The molecule has 0 unspecified atom stereocenters. The largest absolute Gasteiger partial charge is 0.478 e. The van der Waals surface area contributed by atoms with Crippen LogP contribution in [0.5, 0.6) is 0 Å². The van der Waals surface area contributed by atoms with Crippen LogP contribution in [0.25, 0.3) is 0 Å². The zero-order chi connectivity index (χ0) is 24.9. The highest BCUT2D eigenvalue weighted by Gasteiger charge is 2.25. The van der Waals surface area contributed by atoms with Gasteiger partial charge in [0.1, 0.15) is 0 Å². The summed E-state index contributed by atoms with van der Waals surface area (Å²) in [6.07, 6.45) is 9.60. The summed E-state index contributed by atoms with van der Waals surface area (Å²) in [6, 6.07) is 24.8. The molecule has 4 aromatic rings. The van der Waals surface area contributed by atoms with E-state index in [2.05, 4.69) is 58.5 Å². The van der Waals surface area contributed by atoms with E-state index < -0.39 is 5.97 Å². The second kappa shape index (κ2) is 12.2. The maximum absolute atomic E-state index is 10.9. The number of carboxylic acid groups (broad SMARTS) is 1. The summed E-state index contributed by atoms with van der Waals surface area (Å²) in [5.41, 5.74) is 7.75. The number of aryl methyl sites for hydroxylation is 2. The van der Waals surface area contributed by atoms with Gasteiger partial charge in [0, 0.05) is 35.6 Å². The first-order chi connectivity index (χ1) is 17.6. The van der Waals surface area contributed by atoms with Gasteiger partial charge in [0.25, 0.3) is 0 Å². The number of halogens is 1. The number of pyridine rings is 2. The van der Waals surface area contributed by atoms with E-state index in [1.54, 1.807) is 12.3 Å². The van der Waals surface area contributed by atoms with Gasteiger partial charge < -0.3 is 5.11 Å². The highest BCUT2D eigenvalue weighted by atomic mass is 35.5. The lowest BCUT2D eigenvalue weighted by Crippen LogP contribution is -2.03. The Kier molecular flexibility index (Phi) is 8.73. The first-order valence-corrected chi connectivity index (χ1v) is 12.9. The Balaban J connectivity index is 0.000000169. The smallest absolute Gasteiger partial charge is 0.337 e. The number of nitrogens with zero attached hydrogens (tertiary/aromatic N) is 2. The van der Waals surface area contributed by atoms with Crippen LogP contribution in [0.4, 0.5) is 0 Å². The van der Waals surface area contributed by atoms with Gasteiger partial charge in [-0.1, -0.05) is 79.7 Å². The molecular weight excluding hydrogens is 480 g/mol. The molecular formula is C32H33ClN2O2. The summed E-state index contributed by atoms with van der Waals surface area (Å²) in [4.78, 5) is 19.8. The summed E-state index contributed by atoms with van der Waals surface area (Å²) < 4.78 is 0. The quantitative estimate of drug-likeness (QED) is 0.297. The summed E-state index contributed by atoms with van der Waals surface area (Å²) in [6.45, 7) is 0. The van der Waals surface area contributed by atoms with Crippen LogP contribution in [-0.4, -0.2) is 21.0 Å². The molecule has 4 nitrogen and oxygen atoms in total. The molecule has 2 aliphatic rings. The number of benzene rings is 2. The summed E-state index contributed by atoms with van der Waals surface area (Å²) in [7, 11) is 0. The highest BCUT2D eigenvalue weighted by Crippen LogP contribution is 2.35. The summed E-state index contributed by atoms with van der Waals surface area (Å²) >= 11 is 5.97. The lowest BCUT2D eigenvalue weighted by molar-refractivity contribution is 0.0696. The van der Waals surface area contributed by atoms with Crippen molar-refractivity contribution in [2.75, 3.05) is 0 Å². The lowest BCUT2D eigenvalue weighted by atomic mass is 9.97. The normalized spacial score (nSPS) is 17.1. The zero-order valence-corrected chi connectivity index (χ0v) is 20.9. The number of hydrogen-bond acceptors (Lipinski definition) is 3. The average Bonchev–Trinajstić information content (AvgIpc) is 3.49. The van der Waals surface area contributed by atoms with Gasteiger partial charge in [-0.15, -0.1) is 0 Å². The van der Waals surface area contributed by atoms with Crippen molar-refractivity contribution in [2.24, 2.45) is 0 Å². The Hall–Kier alpha value is -3.50. The molecule has 0 radical (unpaired) electrons. The molecule has 0 bridgehead atoms. The van der Waals surface area contributed by atoms with Crippen molar-refractivity contribution in [1.82, 2.24) is 9.97 Å². The molecule has 0 spiro atoms. The lowest BCUT2D eigenvalue weighted by Gasteiger charge is -2.10. The molecule has 2 aliphatic carbocycles. The Morgan fingerprint density at radius 2 is 1.27 bits per heavy atom. The van der Waals surface area contributed by atoms with E-state index in [4.69, 9.17) is 16.7 Å². The number of carbonyl (C=O) groups is 1. The van der Waals surface area contributed by atoms with Gasteiger partial charge in [-0.3, -0.25) is 9.97 Å². The van der Waals surface area contributed by atoms with Crippen molar-refractivity contribution in [3.63, 3.8) is 0 Å². The molecule has 0 saturated heterocycles. The van der Waals surface area contributed by atoms with Gasteiger partial charge in [-0.2, -0.15) is 0 Å². The Bertz CT molecular complexity index is 1340. The Morgan fingerprint density at radius 1 is 0.784 bits per heavy atom. The van der Waals surface area contributed by atoms with Crippen LogP contribution in [0.3, 0.4) is 0 Å². The van der Waals surface area contributed by atoms with E-state index in [9.17, 15) is 4.79 Å². The van der Waals surface area contributed by atoms with Crippen LogP contribution < -0.4 is 0 Å². The van der Waals surface area contributed by atoms with E-state index in [1.165, 1.54) is 35.0 Å². The third-order valence-electron chi connectivity index (χ3n) is 7.16. The number of aromatic nitrogens is 2. The molecule has 2 heterocycles. The van der Waals surface area contributed by atoms with Crippen molar-refractivity contribution in [1.29, 1.82) is 0 Å². The number of carboxylic acids is 1. The maximum atomic E-state index is 10.9. The van der Waals surface area contributed by atoms with Crippen LogP contribution >= 0.6 is 11.6 Å². The average molecular weight is 513 g/mol. The summed E-state index contributed by atoms with van der Waals surface area (Å²) in [5.74, 6) is 0.0757. The minimum absolute atomic E-state index is 0. The fourth-order valence-electron chi connectivity index (χ4n) is 5.39. The van der Waals surface area contributed by atoms with Crippen molar-refractivity contribution >= 4 is 17.6 Å². The minimum Gasteiger partial charge on any atom is -0.478 e. The topological polar surface area (TPSA) is 63.1 Å². The third-order valence-corrected chi connectivity index (χ3v) is 7.37. The number of rotatable bonds is 5. The summed E-state index contributed by atoms with van der Waals surface area (Å²) in [5, 5.41) is 9.73. The second-order valence-electron chi connectivity index (χ2n) is 9.62. The predicted molar refractivity (Wildman–Crippen MR) is 150 cm³/mol. The zero-order valence-electron chi connectivity index (χ0n) is 20.1. The number of hydrogen-bond donors (Lipinski definition) is 1. The SMILES string of the molecule is C.Clc1cnc2c(c1)CC[C@H]2Cc1ccccc1.O=C(O)c1cnc2c(c1)CC[C@H]2Cc1ccccc1. The second-order valence-corrected chi connectivity index (χ2v) is 10.1. The molecule has 37 heavy (non-hydrogen) atoms. The monoisotopic (exact) mass is 512 g/mol. The molecule has 5 heteroatoms. The highest BCUT2D eigenvalue weighted by molar-refractivity contribution is 6.30. The van der Waals surface area contributed by atoms with Crippen LogP contribution in [0, 0.1) is 0 Å². The minimum atomic E-state index is -0.901.